The average Bonchev–Trinajstić information content (AvgIpc) is 3.51. The van der Waals surface area contributed by atoms with Crippen LogP contribution in [0, 0.1) is 0 Å². The third-order valence-corrected chi connectivity index (χ3v) is 6.16. The van der Waals surface area contributed by atoms with Gasteiger partial charge in [0, 0.05) is 31.0 Å². The maximum absolute atomic E-state index is 13.5. The van der Waals surface area contributed by atoms with E-state index in [1.165, 1.54) is 11.3 Å². The van der Waals surface area contributed by atoms with Gasteiger partial charge < -0.3 is 18.8 Å². The largest absolute Gasteiger partial charge is 0.497 e. The molecule has 0 aliphatic rings. The van der Waals surface area contributed by atoms with Gasteiger partial charge in [0.15, 0.2) is 5.13 Å². The van der Waals surface area contributed by atoms with Crippen LogP contribution in [0.25, 0.3) is 10.2 Å². The number of aromatic nitrogens is 3. The zero-order valence-corrected chi connectivity index (χ0v) is 19.0. The zero-order valence-electron chi connectivity index (χ0n) is 18.1. The summed E-state index contributed by atoms with van der Waals surface area (Å²) in [5, 5.41) is 0.592. The summed E-state index contributed by atoms with van der Waals surface area (Å²) in [6.07, 6.45) is 6.15. The van der Waals surface area contributed by atoms with Gasteiger partial charge in [0.1, 0.15) is 27.5 Å². The van der Waals surface area contributed by atoms with E-state index in [1.54, 1.807) is 63.0 Å². The number of rotatable bonds is 9. The highest BCUT2D eigenvalue weighted by atomic mass is 32.1. The van der Waals surface area contributed by atoms with Gasteiger partial charge in [0.2, 0.25) is 0 Å². The molecule has 0 saturated heterocycles. The summed E-state index contributed by atoms with van der Waals surface area (Å²) < 4.78 is 19.0. The van der Waals surface area contributed by atoms with Gasteiger partial charge in [-0.05, 0) is 42.8 Å². The van der Waals surface area contributed by atoms with Crippen LogP contribution in [0.15, 0.2) is 55.1 Å². The third kappa shape index (κ3) is 4.38. The summed E-state index contributed by atoms with van der Waals surface area (Å²) in [4.78, 5) is 24.0. The topological polar surface area (TPSA) is 78.7 Å². The molecule has 4 aromatic rings. The lowest BCUT2D eigenvalue weighted by Gasteiger charge is -2.20. The fraction of sp³-hybridized carbons (Fsp3) is 0.261. The van der Waals surface area contributed by atoms with Gasteiger partial charge in [-0.25, -0.2) is 9.97 Å². The van der Waals surface area contributed by atoms with E-state index >= 15 is 0 Å². The van der Waals surface area contributed by atoms with E-state index in [2.05, 4.69) is 4.98 Å². The van der Waals surface area contributed by atoms with Gasteiger partial charge >= 0.3 is 0 Å². The molecular weight excluding hydrogens is 428 g/mol. The molecule has 0 atom stereocenters. The van der Waals surface area contributed by atoms with E-state index in [0.717, 1.165) is 17.7 Å². The van der Waals surface area contributed by atoms with Crippen molar-refractivity contribution in [3.63, 3.8) is 0 Å². The van der Waals surface area contributed by atoms with Crippen molar-refractivity contribution in [1.29, 1.82) is 0 Å². The Morgan fingerprint density at radius 2 is 1.78 bits per heavy atom. The molecule has 1 amide bonds. The SMILES string of the molecule is COc1ccc(C(=O)N(CCCn2ccnc2)c2nc3c(OC)ccc(OC)c3s2)cc1. The molecule has 32 heavy (non-hydrogen) atoms. The second kappa shape index (κ2) is 9.69. The minimum atomic E-state index is -0.129. The predicted molar refractivity (Wildman–Crippen MR) is 124 cm³/mol. The van der Waals surface area contributed by atoms with Crippen LogP contribution in [0.2, 0.25) is 0 Å². The van der Waals surface area contributed by atoms with Gasteiger partial charge in [-0.1, -0.05) is 11.3 Å². The Morgan fingerprint density at radius 3 is 2.44 bits per heavy atom. The van der Waals surface area contributed by atoms with Crippen LogP contribution >= 0.6 is 11.3 Å². The van der Waals surface area contributed by atoms with Crippen LogP contribution in [0.3, 0.4) is 0 Å². The highest BCUT2D eigenvalue weighted by Gasteiger charge is 2.23. The first-order chi connectivity index (χ1) is 15.6. The Bertz CT molecular complexity index is 1150. The molecule has 0 bridgehead atoms. The zero-order chi connectivity index (χ0) is 22.5. The number of imidazole rings is 1. The maximum atomic E-state index is 13.5. The first-order valence-corrected chi connectivity index (χ1v) is 10.9. The van der Waals surface area contributed by atoms with Gasteiger partial charge in [-0.2, -0.15) is 0 Å². The summed E-state index contributed by atoms with van der Waals surface area (Å²) in [5.41, 5.74) is 1.24. The smallest absolute Gasteiger partial charge is 0.260 e. The summed E-state index contributed by atoms with van der Waals surface area (Å²) in [6.45, 7) is 1.23. The standard InChI is InChI=1S/C23H24N4O4S/c1-29-17-7-5-16(6-8-17)22(28)27(13-4-12-26-14-11-24-15-26)23-25-20-18(30-2)9-10-19(31-3)21(20)32-23/h5-11,14-15H,4,12-13H2,1-3H3. The number of thiazole rings is 1. The molecular formula is C23H24N4O4S. The van der Waals surface area contributed by atoms with E-state index in [9.17, 15) is 4.79 Å². The number of hydrogen-bond acceptors (Lipinski definition) is 7. The van der Waals surface area contributed by atoms with E-state index in [1.807, 2.05) is 22.9 Å². The highest BCUT2D eigenvalue weighted by Crippen LogP contribution is 2.40. The molecule has 0 spiro atoms. The number of nitrogens with zero attached hydrogens (tertiary/aromatic N) is 4. The maximum Gasteiger partial charge on any atom is 0.260 e. The minimum Gasteiger partial charge on any atom is -0.497 e. The van der Waals surface area contributed by atoms with Crippen LogP contribution in [-0.4, -0.2) is 48.3 Å². The molecule has 0 N–H and O–H groups in total. The van der Waals surface area contributed by atoms with E-state index in [-0.39, 0.29) is 5.91 Å². The first kappa shape index (κ1) is 21.6. The number of carbonyl (C=O) groups is 1. The number of aryl methyl sites for hydroxylation is 1. The number of carbonyl (C=O) groups excluding carboxylic acids is 1. The lowest BCUT2D eigenvalue weighted by molar-refractivity contribution is 0.0986. The quantitative estimate of drug-likeness (QED) is 0.378. The van der Waals surface area contributed by atoms with Crippen molar-refractivity contribution >= 4 is 32.6 Å². The van der Waals surface area contributed by atoms with E-state index in [0.29, 0.717) is 40.0 Å². The normalized spacial score (nSPS) is 10.8. The van der Waals surface area contributed by atoms with Gasteiger partial charge in [-0.3, -0.25) is 9.69 Å². The Hall–Kier alpha value is -3.59. The number of anilines is 1. The van der Waals surface area contributed by atoms with Gasteiger partial charge in [0.05, 0.1) is 27.7 Å². The van der Waals surface area contributed by atoms with Crippen LogP contribution in [-0.2, 0) is 6.54 Å². The molecule has 0 unspecified atom stereocenters. The predicted octanol–water partition coefficient (Wildman–Crippen LogP) is 4.26. The average molecular weight is 453 g/mol. The molecule has 0 fully saturated rings. The molecule has 0 saturated carbocycles. The fourth-order valence-electron chi connectivity index (χ4n) is 3.39. The molecule has 166 valence electrons. The second-order valence-electron chi connectivity index (χ2n) is 6.98. The van der Waals surface area contributed by atoms with Crippen molar-refractivity contribution in [1.82, 2.24) is 14.5 Å². The van der Waals surface area contributed by atoms with Crippen molar-refractivity contribution in [2.75, 3.05) is 32.8 Å². The number of hydrogen-bond donors (Lipinski definition) is 0. The summed E-state index contributed by atoms with van der Waals surface area (Å²) >= 11 is 1.41. The first-order valence-electron chi connectivity index (χ1n) is 10.1. The Kier molecular flexibility index (Phi) is 6.55. The second-order valence-corrected chi connectivity index (χ2v) is 7.96. The number of methoxy groups -OCH3 is 3. The molecule has 0 radical (unpaired) electrons. The number of benzene rings is 2. The van der Waals surface area contributed by atoms with Crippen molar-refractivity contribution < 1.29 is 19.0 Å². The lowest BCUT2D eigenvalue weighted by Crippen LogP contribution is -2.32. The third-order valence-electron chi connectivity index (χ3n) is 5.07. The van der Waals surface area contributed by atoms with Crippen molar-refractivity contribution in [3.05, 3.63) is 60.7 Å². The summed E-state index contributed by atoms with van der Waals surface area (Å²) in [5.74, 6) is 1.90. The lowest BCUT2D eigenvalue weighted by atomic mass is 10.2. The minimum absolute atomic E-state index is 0.129. The molecule has 8 nitrogen and oxygen atoms in total. The van der Waals surface area contributed by atoms with E-state index < -0.39 is 0 Å². The molecule has 2 aromatic heterocycles. The molecule has 2 heterocycles. The molecule has 9 heteroatoms. The van der Waals surface area contributed by atoms with Crippen LogP contribution in [0.4, 0.5) is 5.13 Å². The Balaban J connectivity index is 1.69. The van der Waals surface area contributed by atoms with Gasteiger partial charge in [-0.15, -0.1) is 0 Å². The van der Waals surface area contributed by atoms with Crippen LogP contribution in [0.1, 0.15) is 16.8 Å². The van der Waals surface area contributed by atoms with Crippen molar-refractivity contribution in [2.24, 2.45) is 0 Å². The number of amides is 1. The van der Waals surface area contributed by atoms with E-state index in [4.69, 9.17) is 19.2 Å². The monoisotopic (exact) mass is 452 g/mol. The molecule has 2 aromatic carbocycles. The number of fused-ring (bicyclic) bond motifs is 1. The van der Waals surface area contributed by atoms with Crippen LogP contribution < -0.4 is 19.1 Å². The fourth-order valence-corrected chi connectivity index (χ4v) is 4.49. The number of ether oxygens (including phenoxy) is 3. The highest BCUT2D eigenvalue weighted by molar-refractivity contribution is 7.22. The molecule has 0 aliphatic heterocycles. The Morgan fingerprint density at radius 1 is 1.03 bits per heavy atom. The van der Waals surface area contributed by atoms with Crippen molar-refractivity contribution in [2.45, 2.75) is 13.0 Å². The van der Waals surface area contributed by atoms with Crippen molar-refractivity contribution in [3.8, 4) is 17.2 Å². The van der Waals surface area contributed by atoms with Crippen LogP contribution in [0.5, 0.6) is 17.2 Å². The Labute approximate surface area is 190 Å². The van der Waals surface area contributed by atoms with Gasteiger partial charge in [0.25, 0.3) is 5.91 Å². The summed E-state index contributed by atoms with van der Waals surface area (Å²) in [7, 11) is 4.82. The molecule has 0 aliphatic carbocycles. The summed E-state index contributed by atoms with van der Waals surface area (Å²) in [6, 6.07) is 10.7. The molecule has 4 rings (SSSR count).